The Hall–Kier alpha value is -0.963. The molecule has 0 aliphatic heterocycles. The van der Waals surface area contributed by atoms with Crippen LogP contribution in [0.25, 0.3) is 11.1 Å². The molecule has 2 aromatic carbocycles. The van der Waals surface area contributed by atoms with Crippen molar-refractivity contribution >= 4 is 17.7 Å². The Balaban J connectivity index is 2.39. The summed E-state index contributed by atoms with van der Waals surface area (Å²) >= 11 is 2.30. The topological polar surface area (TPSA) is 0 Å². The predicted octanol–water partition coefficient (Wildman–Crippen LogP) is 3.23. The molecule has 2 aromatic rings. The van der Waals surface area contributed by atoms with Gasteiger partial charge in [0.2, 0.25) is 0 Å². The molecule has 68 valence electrons. The molecule has 1 aliphatic rings. The van der Waals surface area contributed by atoms with Crippen molar-refractivity contribution in [2.45, 2.75) is 11.5 Å². The fourth-order valence-corrected chi connectivity index (χ4v) is 2.69. The SMILES string of the molecule is [Li][CH]1c2ccccc2-c2c(C)cccc21. The summed E-state index contributed by atoms with van der Waals surface area (Å²) in [6.07, 6.45) is 0. The number of fused-ring (bicyclic) bond motifs is 3. The normalized spacial score (nSPS) is 17.4. The molecule has 0 nitrogen and oxygen atoms in total. The van der Waals surface area contributed by atoms with Crippen LogP contribution in [0.5, 0.6) is 0 Å². The predicted molar refractivity (Wildman–Crippen MR) is 64.2 cm³/mol. The molecule has 1 heteroatoms. The fourth-order valence-electron chi connectivity index (χ4n) is 2.69. The molecule has 0 N–H and O–H groups in total. The molecule has 3 rings (SSSR count). The molecule has 0 bridgehead atoms. The third-order valence-electron chi connectivity index (χ3n) is 3.47. The second kappa shape index (κ2) is 3.27. The number of benzene rings is 2. The Morgan fingerprint density at radius 2 is 1.67 bits per heavy atom. The zero-order valence-corrected chi connectivity index (χ0v) is 9.12. The van der Waals surface area contributed by atoms with E-state index in [0.29, 0.717) is 4.59 Å². The van der Waals surface area contributed by atoms with E-state index in [9.17, 15) is 0 Å². The Kier molecular flexibility index (Phi) is 2.02. The van der Waals surface area contributed by atoms with Crippen LogP contribution >= 0.6 is 0 Å². The van der Waals surface area contributed by atoms with Crippen molar-refractivity contribution in [3.05, 3.63) is 59.2 Å². The molecule has 0 radical (unpaired) electrons. The second-order valence-corrected chi connectivity index (χ2v) is 4.35. The summed E-state index contributed by atoms with van der Waals surface area (Å²) in [7, 11) is 0. The van der Waals surface area contributed by atoms with Crippen molar-refractivity contribution < 1.29 is 0 Å². The van der Waals surface area contributed by atoms with Gasteiger partial charge < -0.3 is 0 Å². The van der Waals surface area contributed by atoms with E-state index in [1.807, 2.05) is 0 Å². The maximum atomic E-state index is 2.30. The number of aryl methyl sites for hydroxylation is 1. The van der Waals surface area contributed by atoms with Gasteiger partial charge in [0.15, 0.2) is 0 Å². The van der Waals surface area contributed by atoms with E-state index in [0.717, 1.165) is 0 Å². The molecule has 0 aromatic heterocycles. The van der Waals surface area contributed by atoms with Gasteiger partial charge in [-0.1, -0.05) is 0 Å². The van der Waals surface area contributed by atoms with Crippen LogP contribution in [0, 0.1) is 6.92 Å². The van der Waals surface area contributed by atoms with Crippen molar-refractivity contribution in [3.63, 3.8) is 0 Å². The quantitative estimate of drug-likeness (QED) is 0.554. The third-order valence-corrected chi connectivity index (χ3v) is 3.47. The number of rotatable bonds is 0. The summed E-state index contributed by atoms with van der Waals surface area (Å²) in [5, 5.41) is 0. The maximum absolute atomic E-state index is 2.30. The minimum absolute atomic E-state index is 0.552. The number of hydrogen-bond donors (Lipinski definition) is 0. The van der Waals surface area contributed by atoms with Crippen LogP contribution in [-0.4, -0.2) is 17.7 Å². The van der Waals surface area contributed by atoms with E-state index >= 15 is 0 Å². The first-order valence-corrected chi connectivity index (χ1v) is 5.48. The van der Waals surface area contributed by atoms with Gasteiger partial charge in [-0.15, -0.1) is 0 Å². The monoisotopic (exact) mass is 186 g/mol. The van der Waals surface area contributed by atoms with E-state index in [1.54, 1.807) is 0 Å². The van der Waals surface area contributed by atoms with Gasteiger partial charge in [0.25, 0.3) is 0 Å². The Morgan fingerprint density at radius 1 is 0.933 bits per heavy atom. The van der Waals surface area contributed by atoms with Gasteiger partial charge in [-0.05, 0) is 0 Å². The molecule has 0 spiro atoms. The number of hydrogen-bond acceptors (Lipinski definition) is 0. The Bertz CT molecular complexity index is 529. The van der Waals surface area contributed by atoms with Gasteiger partial charge in [-0.3, -0.25) is 0 Å². The van der Waals surface area contributed by atoms with Crippen LogP contribution in [0.2, 0.25) is 0 Å². The fraction of sp³-hybridized carbons (Fsp3) is 0.143. The summed E-state index contributed by atoms with van der Waals surface area (Å²) in [6.45, 7) is 2.20. The first-order valence-electron chi connectivity index (χ1n) is 5.48. The first-order chi connectivity index (χ1) is 7.29. The van der Waals surface area contributed by atoms with Crippen LogP contribution in [0.1, 0.15) is 21.3 Å². The summed E-state index contributed by atoms with van der Waals surface area (Å²) in [6, 6.07) is 15.4. The second-order valence-electron chi connectivity index (χ2n) is 4.35. The molecule has 0 amide bonds. The molecular formula is C14H11Li. The van der Waals surface area contributed by atoms with E-state index < -0.39 is 0 Å². The van der Waals surface area contributed by atoms with Crippen LogP contribution in [0.3, 0.4) is 0 Å². The van der Waals surface area contributed by atoms with Crippen molar-refractivity contribution in [1.29, 1.82) is 0 Å². The molecule has 1 atom stereocenters. The minimum atomic E-state index is 0.552. The van der Waals surface area contributed by atoms with Crippen LogP contribution in [-0.2, 0) is 0 Å². The Labute approximate surface area is 99.5 Å². The first kappa shape index (κ1) is 9.28. The third kappa shape index (κ3) is 1.22. The molecule has 0 saturated carbocycles. The summed E-state index contributed by atoms with van der Waals surface area (Å²) in [5.74, 6) is 0. The van der Waals surface area contributed by atoms with Crippen molar-refractivity contribution in [1.82, 2.24) is 0 Å². The summed E-state index contributed by atoms with van der Waals surface area (Å²) in [5.41, 5.74) is 7.24. The summed E-state index contributed by atoms with van der Waals surface area (Å²) < 4.78 is 0.552. The molecule has 0 fully saturated rings. The molecule has 15 heavy (non-hydrogen) atoms. The van der Waals surface area contributed by atoms with Crippen molar-refractivity contribution in [3.8, 4) is 11.1 Å². The zero-order chi connectivity index (χ0) is 10.4. The van der Waals surface area contributed by atoms with Crippen molar-refractivity contribution in [2.75, 3.05) is 0 Å². The van der Waals surface area contributed by atoms with Gasteiger partial charge in [0.05, 0.1) is 0 Å². The summed E-state index contributed by atoms with van der Waals surface area (Å²) in [4.78, 5) is 0. The van der Waals surface area contributed by atoms with E-state index in [2.05, 4.69) is 67.1 Å². The van der Waals surface area contributed by atoms with E-state index in [-0.39, 0.29) is 0 Å². The van der Waals surface area contributed by atoms with Crippen LogP contribution in [0.4, 0.5) is 0 Å². The van der Waals surface area contributed by atoms with Gasteiger partial charge in [-0.2, -0.15) is 0 Å². The van der Waals surface area contributed by atoms with E-state index in [4.69, 9.17) is 0 Å². The standard InChI is InChI=1S/C14H11.Li/c1-10-5-4-7-12-9-11-6-2-3-8-13(11)14(10)12;/h2-9H,1H3;. The van der Waals surface area contributed by atoms with Gasteiger partial charge in [0, 0.05) is 0 Å². The van der Waals surface area contributed by atoms with Crippen molar-refractivity contribution in [2.24, 2.45) is 0 Å². The molecule has 1 aliphatic carbocycles. The molecule has 1 unspecified atom stereocenters. The van der Waals surface area contributed by atoms with E-state index in [1.165, 1.54) is 27.8 Å². The van der Waals surface area contributed by atoms with Crippen LogP contribution in [0.15, 0.2) is 42.5 Å². The van der Waals surface area contributed by atoms with Crippen LogP contribution < -0.4 is 0 Å². The van der Waals surface area contributed by atoms with Gasteiger partial charge >= 0.3 is 99.5 Å². The van der Waals surface area contributed by atoms with Gasteiger partial charge in [-0.25, -0.2) is 0 Å². The average Bonchev–Trinajstić information content (AvgIpc) is 2.55. The Morgan fingerprint density at radius 3 is 2.53 bits per heavy atom. The average molecular weight is 186 g/mol. The molecule has 0 heterocycles. The van der Waals surface area contributed by atoms with Gasteiger partial charge in [0.1, 0.15) is 0 Å². The molecular weight excluding hydrogens is 175 g/mol. The molecule has 0 saturated heterocycles. The zero-order valence-electron chi connectivity index (χ0n) is 9.12.